The fourth-order valence-corrected chi connectivity index (χ4v) is 3.08. The summed E-state index contributed by atoms with van der Waals surface area (Å²) in [7, 11) is 0. The number of nitrogens with zero attached hydrogens (tertiary/aromatic N) is 2. The van der Waals surface area contributed by atoms with E-state index < -0.39 is 0 Å². The van der Waals surface area contributed by atoms with Crippen molar-refractivity contribution >= 4 is 21.6 Å². The molecule has 1 aliphatic rings. The Morgan fingerprint density at radius 2 is 2.22 bits per heavy atom. The van der Waals surface area contributed by atoms with Crippen molar-refractivity contribution < 1.29 is 4.74 Å². The van der Waals surface area contributed by atoms with Crippen molar-refractivity contribution in [1.29, 1.82) is 5.26 Å². The number of anilines is 1. The standard InChI is InChI=1S/C17H15BrN4O/c1-2-22-12-3-4-13-15(6-12)23-17(20)14(7-19)16(13)10-5-11(18)9-21-8-10/h3-6,8-9,16,22H,2,20H2,1H3. The second-order valence-corrected chi connectivity index (χ2v) is 6.06. The molecule has 1 atom stereocenters. The Bertz CT molecular complexity index is 826. The summed E-state index contributed by atoms with van der Waals surface area (Å²) in [6.07, 6.45) is 3.45. The van der Waals surface area contributed by atoms with Gasteiger partial charge < -0.3 is 15.8 Å². The Balaban J connectivity index is 2.16. The van der Waals surface area contributed by atoms with Gasteiger partial charge in [-0.25, -0.2) is 0 Å². The fourth-order valence-electron chi connectivity index (χ4n) is 2.70. The Morgan fingerprint density at radius 3 is 2.91 bits per heavy atom. The average Bonchev–Trinajstić information content (AvgIpc) is 2.53. The summed E-state index contributed by atoms with van der Waals surface area (Å²) in [6, 6.07) is 9.95. The predicted molar refractivity (Wildman–Crippen MR) is 91.8 cm³/mol. The van der Waals surface area contributed by atoms with E-state index in [1.165, 1.54) is 0 Å². The average molecular weight is 371 g/mol. The lowest BCUT2D eigenvalue weighted by Crippen LogP contribution is -2.21. The van der Waals surface area contributed by atoms with Crippen LogP contribution in [-0.2, 0) is 0 Å². The van der Waals surface area contributed by atoms with Gasteiger partial charge in [0.1, 0.15) is 17.4 Å². The third-order valence-corrected chi connectivity index (χ3v) is 4.09. The van der Waals surface area contributed by atoms with Gasteiger partial charge in [-0.1, -0.05) is 6.07 Å². The molecule has 2 heterocycles. The van der Waals surface area contributed by atoms with Gasteiger partial charge in [0.05, 0.1) is 5.92 Å². The van der Waals surface area contributed by atoms with E-state index in [0.717, 1.165) is 27.8 Å². The van der Waals surface area contributed by atoms with Gasteiger partial charge in [0.25, 0.3) is 0 Å². The molecule has 1 unspecified atom stereocenters. The first-order chi connectivity index (χ1) is 11.1. The second kappa shape index (κ2) is 6.31. The van der Waals surface area contributed by atoms with Crippen molar-refractivity contribution in [1.82, 2.24) is 4.98 Å². The summed E-state index contributed by atoms with van der Waals surface area (Å²) in [5.41, 5.74) is 9.11. The minimum atomic E-state index is -0.288. The number of nitrogens with one attached hydrogen (secondary N) is 1. The van der Waals surface area contributed by atoms with Gasteiger partial charge in [0, 0.05) is 40.7 Å². The summed E-state index contributed by atoms with van der Waals surface area (Å²) in [6.45, 7) is 2.84. The molecule has 116 valence electrons. The molecule has 3 N–H and O–H groups in total. The molecule has 0 saturated heterocycles. The first-order valence-electron chi connectivity index (χ1n) is 7.20. The third kappa shape index (κ3) is 2.88. The summed E-state index contributed by atoms with van der Waals surface area (Å²) >= 11 is 3.42. The highest BCUT2D eigenvalue weighted by Gasteiger charge is 2.31. The summed E-state index contributed by atoms with van der Waals surface area (Å²) in [5.74, 6) is 0.507. The number of allylic oxidation sites excluding steroid dienone is 1. The number of halogens is 1. The molecule has 6 heteroatoms. The first-order valence-corrected chi connectivity index (χ1v) is 7.99. The minimum absolute atomic E-state index is 0.138. The number of hydrogen-bond donors (Lipinski definition) is 2. The van der Waals surface area contributed by atoms with Gasteiger partial charge in [-0.3, -0.25) is 4.98 Å². The summed E-state index contributed by atoms with van der Waals surface area (Å²) in [4.78, 5) is 4.20. The molecule has 23 heavy (non-hydrogen) atoms. The Kier molecular flexibility index (Phi) is 4.22. The predicted octanol–water partition coefficient (Wildman–Crippen LogP) is 3.49. The first kappa shape index (κ1) is 15.4. The van der Waals surface area contributed by atoms with E-state index in [1.807, 2.05) is 31.2 Å². The number of pyridine rings is 1. The summed E-state index contributed by atoms with van der Waals surface area (Å²) < 4.78 is 6.52. The topological polar surface area (TPSA) is 84.0 Å². The molecule has 2 aromatic rings. The lowest BCUT2D eigenvalue weighted by molar-refractivity contribution is 0.394. The molecule has 0 saturated carbocycles. The number of benzene rings is 1. The van der Waals surface area contributed by atoms with Crippen molar-refractivity contribution in [2.75, 3.05) is 11.9 Å². The molecular formula is C17H15BrN4O. The van der Waals surface area contributed by atoms with Crippen LogP contribution in [0.2, 0.25) is 0 Å². The minimum Gasteiger partial charge on any atom is -0.440 e. The molecule has 0 aliphatic carbocycles. The highest BCUT2D eigenvalue weighted by molar-refractivity contribution is 9.10. The molecule has 5 nitrogen and oxygen atoms in total. The lowest BCUT2D eigenvalue weighted by Gasteiger charge is -2.26. The lowest BCUT2D eigenvalue weighted by atomic mass is 9.84. The molecule has 0 amide bonds. The number of fused-ring (bicyclic) bond motifs is 1. The van der Waals surface area contributed by atoms with Gasteiger partial charge in [0.15, 0.2) is 0 Å². The van der Waals surface area contributed by atoms with Gasteiger partial charge in [-0.2, -0.15) is 5.26 Å². The van der Waals surface area contributed by atoms with E-state index in [4.69, 9.17) is 10.5 Å². The maximum atomic E-state index is 9.51. The van der Waals surface area contributed by atoms with E-state index >= 15 is 0 Å². The van der Waals surface area contributed by atoms with Crippen molar-refractivity contribution in [3.8, 4) is 11.8 Å². The van der Waals surface area contributed by atoms with Crippen molar-refractivity contribution in [2.45, 2.75) is 12.8 Å². The van der Waals surface area contributed by atoms with E-state index in [1.54, 1.807) is 12.4 Å². The van der Waals surface area contributed by atoms with Crippen LogP contribution >= 0.6 is 15.9 Å². The number of rotatable bonds is 3. The van der Waals surface area contributed by atoms with E-state index in [2.05, 4.69) is 32.3 Å². The zero-order valence-electron chi connectivity index (χ0n) is 12.5. The highest BCUT2D eigenvalue weighted by atomic mass is 79.9. The van der Waals surface area contributed by atoms with Crippen LogP contribution in [0.15, 0.2) is 52.6 Å². The zero-order valence-corrected chi connectivity index (χ0v) is 14.1. The number of hydrogen-bond acceptors (Lipinski definition) is 5. The normalized spacial score (nSPS) is 16.3. The molecule has 0 fully saturated rings. The SMILES string of the molecule is CCNc1ccc2c(c1)OC(N)=C(C#N)C2c1cncc(Br)c1. The van der Waals surface area contributed by atoms with E-state index in [-0.39, 0.29) is 11.8 Å². The highest BCUT2D eigenvalue weighted by Crippen LogP contribution is 2.43. The van der Waals surface area contributed by atoms with Crippen molar-refractivity contribution in [3.63, 3.8) is 0 Å². The van der Waals surface area contributed by atoms with Crippen molar-refractivity contribution in [2.24, 2.45) is 5.73 Å². The van der Waals surface area contributed by atoms with Crippen LogP contribution in [0, 0.1) is 11.3 Å². The molecule has 1 aliphatic heterocycles. The van der Waals surface area contributed by atoms with Gasteiger partial charge in [-0.05, 0) is 40.5 Å². The zero-order chi connectivity index (χ0) is 16.4. The van der Waals surface area contributed by atoms with Gasteiger partial charge in [0.2, 0.25) is 5.88 Å². The van der Waals surface area contributed by atoms with Crippen molar-refractivity contribution in [3.05, 3.63) is 63.7 Å². The Labute approximate surface area is 142 Å². The largest absolute Gasteiger partial charge is 0.440 e. The van der Waals surface area contributed by atoms with Crippen LogP contribution in [0.3, 0.4) is 0 Å². The Morgan fingerprint density at radius 1 is 1.39 bits per heavy atom. The number of nitrogens with two attached hydrogens (primary N) is 1. The van der Waals surface area contributed by atoms with Crippen LogP contribution in [0.1, 0.15) is 24.0 Å². The molecule has 3 rings (SSSR count). The molecule has 0 bridgehead atoms. The molecule has 1 aromatic heterocycles. The van der Waals surface area contributed by atoms with Crippen LogP contribution < -0.4 is 15.8 Å². The third-order valence-electron chi connectivity index (χ3n) is 3.66. The Hall–Kier alpha value is -2.52. The quantitative estimate of drug-likeness (QED) is 0.863. The van der Waals surface area contributed by atoms with Gasteiger partial charge in [-0.15, -0.1) is 0 Å². The number of ether oxygens (including phenoxy) is 1. The molecule has 0 spiro atoms. The van der Waals surface area contributed by atoms with Crippen LogP contribution in [-0.4, -0.2) is 11.5 Å². The van der Waals surface area contributed by atoms with Crippen LogP contribution in [0.5, 0.6) is 5.75 Å². The molecule has 1 aromatic carbocycles. The maximum Gasteiger partial charge on any atom is 0.205 e. The molecular weight excluding hydrogens is 356 g/mol. The number of nitriles is 1. The summed E-state index contributed by atoms with van der Waals surface area (Å²) in [5, 5.41) is 12.8. The fraction of sp³-hybridized carbons (Fsp3) is 0.176. The smallest absolute Gasteiger partial charge is 0.205 e. The van der Waals surface area contributed by atoms with E-state index in [9.17, 15) is 5.26 Å². The van der Waals surface area contributed by atoms with E-state index in [0.29, 0.717) is 11.3 Å². The van der Waals surface area contributed by atoms with Crippen LogP contribution in [0.25, 0.3) is 0 Å². The van der Waals surface area contributed by atoms with Crippen LogP contribution in [0.4, 0.5) is 5.69 Å². The number of aromatic nitrogens is 1. The second-order valence-electron chi connectivity index (χ2n) is 5.14. The monoisotopic (exact) mass is 370 g/mol. The molecule has 0 radical (unpaired) electrons. The van der Waals surface area contributed by atoms with Gasteiger partial charge >= 0.3 is 0 Å². The maximum absolute atomic E-state index is 9.51.